The Labute approximate surface area is 194 Å². The molecule has 32 heavy (non-hydrogen) atoms. The van der Waals surface area contributed by atoms with Crippen LogP contribution in [0.4, 0.5) is 0 Å². The first-order valence-corrected chi connectivity index (χ1v) is 17.2. The van der Waals surface area contributed by atoms with Gasteiger partial charge < -0.3 is 9.15 Å². The van der Waals surface area contributed by atoms with Crippen LogP contribution in [0.3, 0.4) is 0 Å². The van der Waals surface area contributed by atoms with Crippen molar-refractivity contribution in [2.24, 2.45) is 0 Å². The van der Waals surface area contributed by atoms with Crippen LogP contribution in [0, 0.1) is 0 Å². The summed E-state index contributed by atoms with van der Waals surface area (Å²) in [6.07, 6.45) is 1.73. The monoisotopic (exact) mass is 490 g/mol. The van der Waals surface area contributed by atoms with Gasteiger partial charge in [-0.3, -0.25) is 4.79 Å². The van der Waals surface area contributed by atoms with Gasteiger partial charge in [-0.2, -0.15) is 0 Å². The minimum atomic E-state index is -3.49. The number of carbonyl (C=O) groups excluding carboxylic acids is 1. The molecule has 1 fully saturated rings. The van der Waals surface area contributed by atoms with Crippen LogP contribution in [-0.2, 0) is 24.1 Å². The third-order valence-electron chi connectivity index (χ3n) is 6.11. The van der Waals surface area contributed by atoms with Crippen molar-refractivity contribution in [2.45, 2.75) is 56.1 Å². The van der Waals surface area contributed by atoms with Gasteiger partial charge in [-0.05, 0) is 43.2 Å². The van der Waals surface area contributed by atoms with Crippen LogP contribution in [0.5, 0.6) is 0 Å². The van der Waals surface area contributed by atoms with Crippen molar-refractivity contribution in [3.8, 4) is 10.6 Å². The summed E-state index contributed by atoms with van der Waals surface area (Å²) < 4.78 is 37.0. The van der Waals surface area contributed by atoms with Crippen molar-refractivity contribution in [1.82, 2.24) is 0 Å². The summed E-state index contributed by atoms with van der Waals surface area (Å²) in [4.78, 5) is 14.3. The zero-order chi connectivity index (χ0) is 23.0. The number of carbonyl (C=O) groups is 1. The highest BCUT2D eigenvalue weighted by molar-refractivity contribution is 7.92. The molecular weight excluding hydrogens is 460 g/mol. The normalized spacial score (nSPS) is 21.0. The van der Waals surface area contributed by atoms with E-state index in [2.05, 4.69) is 19.6 Å². The van der Waals surface area contributed by atoms with Gasteiger partial charge in [0.05, 0.1) is 23.7 Å². The van der Waals surface area contributed by atoms with Crippen LogP contribution in [0.25, 0.3) is 21.6 Å². The van der Waals surface area contributed by atoms with Gasteiger partial charge in [0.15, 0.2) is 9.84 Å². The van der Waals surface area contributed by atoms with E-state index in [1.54, 1.807) is 0 Å². The minimum absolute atomic E-state index is 0.104. The first-order valence-electron chi connectivity index (χ1n) is 11.1. The van der Waals surface area contributed by atoms with E-state index in [9.17, 15) is 13.2 Å². The second-order valence-corrected chi connectivity index (χ2v) is 18.9. The Balaban J connectivity index is 1.63. The molecule has 0 unspecified atom stereocenters. The maximum atomic E-state index is 13.3. The molecule has 3 heterocycles. The van der Waals surface area contributed by atoms with Gasteiger partial charge >= 0.3 is 5.97 Å². The summed E-state index contributed by atoms with van der Waals surface area (Å²) in [7, 11) is -4.83. The van der Waals surface area contributed by atoms with Crippen LogP contribution in [0.2, 0.25) is 25.7 Å². The Morgan fingerprint density at radius 1 is 1.16 bits per heavy atom. The summed E-state index contributed by atoms with van der Waals surface area (Å²) in [5.41, 5.74) is 0.795. The molecule has 8 heteroatoms. The second-order valence-electron chi connectivity index (χ2n) is 9.79. The molecule has 0 aliphatic carbocycles. The summed E-state index contributed by atoms with van der Waals surface area (Å²) >= 11 is 1.41. The predicted octanol–water partition coefficient (Wildman–Crippen LogP) is 6.23. The number of ether oxygens (including phenoxy) is 1. The Bertz CT molecular complexity index is 1190. The average molecular weight is 491 g/mol. The predicted molar refractivity (Wildman–Crippen MR) is 133 cm³/mol. The van der Waals surface area contributed by atoms with E-state index in [0.29, 0.717) is 30.1 Å². The highest BCUT2D eigenvalue weighted by atomic mass is 32.2. The second kappa shape index (κ2) is 8.80. The standard InChI is InChI=1S/C24H30O5S2Si/c1-32(2,3)15-13-28-23(25)17-24(12-6-7-14-31(24,26)27)22-11-10-21(30-22)20-16-18-8-4-5-9-19(18)29-20/h4-5,8-11,16H,6-7,12-15,17H2,1-3H3/t24-/m0/s1. The maximum absolute atomic E-state index is 13.3. The number of para-hydroxylation sites is 1. The van der Waals surface area contributed by atoms with E-state index >= 15 is 0 Å². The number of hydrogen-bond acceptors (Lipinski definition) is 6. The zero-order valence-corrected chi connectivity index (χ0v) is 21.5. The molecule has 2 aromatic heterocycles. The molecule has 1 saturated heterocycles. The fourth-order valence-corrected chi connectivity index (χ4v) is 8.62. The lowest BCUT2D eigenvalue weighted by Crippen LogP contribution is -2.42. The van der Waals surface area contributed by atoms with Crippen LogP contribution in [0.1, 0.15) is 30.6 Å². The van der Waals surface area contributed by atoms with Gasteiger partial charge in [-0.25, -0.2) is 8.42 Å². The summed E-state index contributed by atoms with van der Waals surface area (Å²) in [6, 6.07) is 14.4. The van der Waals surface area contributed by atoms with Gasteiger partial charge in [-0.1, -0.05) is 44.3 Å². The molecule has 0 N–H and O–H groups in total. The van der Waals surface area contributed by atoms with Crippen molar-refractivity contribution in [3.63, 3.8) is 0 Å². The first kappa shape index (κ1) is 23.3. The molecule has 1 aromatic carbocycles. The number of fused-ring (bicyclic) bond motifs is 1. The van der Waals surface area contributed by atoms with Crippen molar-refractivity contribution >= 4 is 46.2 Å². The summed E-state index contributed by atoms with van der Waals surface area (Å²) in [5.74, 6) is 0.392. The van der Waals surface area contributed by atoms with Crippen LogP contribution >= 0.6 is 11.3 Å². The molecule has 1 aliphatic rings. The number of benzene rings is 1. The third-order valence-corrected chi connectivity index (χ3v) is 11.8. The average Bonchev–Trinajstić information content (AvgIpc) is 3.35. The number of esters is 1. The van der Waals surface area contributed by atoms with Gasteiger partial charge in [0, 0.05) is 18.3 Å². The van der Waals surface area contributed by atoms with E-state index in [-0.39, 0.29) is 12.2 Å². The molecule has 0 radical (unpaired) electrons. The van der Waals surface area contributed by atoms with Crippen LogP contribution in [0.15, 0.2) is 46.9 Å². The van der Waals surface area contributed by atoms with Crippen molar-refractivity contribution < 1.29 is 22.4 Å². The van der Waals surface area contributed by atoms with E-state index in [0.717, 1.165) is 28.3 Å². The lowest BCUT2D eigenvalue weighted by atomic mass is 9.95. The van der Waals surface area contributed by atoms with E-state index in [4.69, 9.17) is 9.15 Å². The summed E-state index contributed by atoms with van der Waals surface area (Å²) in [6.45, 7) is 7.02. The van der Waals surface area contributed by atoms with Crippen LogP contribution in [-0.4, -0.2) is 34.8 Å². The van der Waals surface area contributed by atoms with E-state index in [1.807, 2.05) is 42.5 Å². The largest absolute Gasteiger partial charge is 0.466 e. The van der Waals surface area contributed by atoms with Crippen molar-refractivity contribution in [1.29, 1.82) is 0 Å². The first-order chi connectivity index (χ1) is 15.1. The fraction of sp³-hybridized carbons (Fsp3) is 0.458. The molecule has 0 bridgehead atoms. The van der Waals surface area contributed by atoms with Crippen molar-refractivity contribution in [2.75, 3.05) is 12.4 Å². The van der Waals surface area contributed by atoms with Gasteiger partial charge in [0.2, 0.25) is 0 Å². The fourth-order valence-electron chi connectivity index (χ4n) is 4.19. The zero-order valence-electron chi connectivity index (χ0n) is 18.8. The lowest BCUT2D eigenvalue weighted by molar-refractivity contribution is -0.144. The molecule has 1 aliphatic heterocycles. The molecule has 1 atom stereocenters. The molecule has 172 valence electrons. The molecule has 3 aromatic rings. The molecule has 5 nitrogen and oxygen atoms in total. The molecule has 0 saturated carbocycles. The molecule has 4 rings (SSSR count). The Kier molecular flexibility index (Phi) is 6.40. The van der Waals surface area contributed by atoms with Crippen molar-refractivity contribution in [3.05, 3.63) is 47.3 Å². The van der Waals surface area contributed by atoms with E-state index < -0.39 is 28.6 Å². The van der Waals surface area contributed by atoms with Gasteiger partial charge in [0.1, 0.15) is 16.1 Å². The van der Waals surface area contributed by atoms with Gasteiger partial charge in [-0.15, -0.1) is 11.3 Å². The number of rotatable bonds is 7. The number of hydrogen-bond donors (Lipinski definition) is 0. The molecule has 0 spiro atoms. The minimum Gasteiger partial charge on any atom is -0.466 e. The molecular formula is C24H30O5S2Si. The Hall–Kier alpha value is -1.90. The SMILES string of the molecule is C[Si](C)(C)CCOC(=O)C[C@]1(c2ccc(-c3cc4ccccc4o3)s2)CCCCS1(=O)=O. The molecule has 0 amide bonds. The Morgan fingerprint density at radius 3 is 2.66 bits per heavy atom. The summed E-state index contributed by atoms with van der Waals surface area (Å²) in [5, 5.41) is 1.00. The lowest BCUT2D eigenvalue weighted by Gasteiger charge is -2.35. The van der Waals surface area contributed by atoms with Crippen LogP contribution < -0.4 is 0 Å². The number of thiophene rings is 1. The maximum Gasteiger partial charge on any atom is 0.307 e. The number of sulfone groups is 1. The third kappa shape index (κ3) is 4.72. The van der Waals surface area contributed by atoms with Gasteiger partial charge in [0.25, 0.3) is 0 Å². The van der Waals surface area contributed by atoms with E-state index in [1.165, 1.54) is 11.3 Å². The Morgan fingerprint density at radius 2 is 1.94 bits per heavy atom. The smallest absolute Gasteiger partial charge is 0.307 e. The highest BCUT2D eigenvalue weighted by Crippen LogP contribution is 2.47. The highest BCUT2D eigenvalue weighted by Gasteiger charge is 2.49. The number of furan rings is 1. The topological polar surface area (TPSA) is 73.6 Å². The quantitative estimate of drug-likeness (QED) is 0.290.